The first-order valence-electron chi connectivity index (χ1n) is 15.0. The van der Waals surface area contributed by atoms with Crippen molar-refractivity contribution in [2.45, 2.75) is 94.7 Å². The van der Waals surface area contributed by atoms with Gasteiger partial charge in [0.25, 0.3) is 5.91 Å². The molecule has 0 radical (unpaired) electrons. The number of ether oxygens (including phenoxy) is 1. The van der Waals surface area contributed by atoms with E-state index in [-0.39, 0.29) is 30.0 Å². The summed E-state index contributed by atoms with van der Waals surface area (Å²) in [6, 6.07) is 9.44. The van der Waals surface area contributed by atoms with Crippen LogP contribution in [-0.4, -0.2) is 89.3 Å². The second-order valence-electron chi connectivity index (χ2n) is 12.6. The Kier molecular flexibility index (Phi) is 10.2. The quantitative estimate of drug-likeness (QED) is 0.363. The van der Waals surface area contributed by atoms with Gasteiger partial charge < -0.3 is 19.9 Å². The van der Waals surface area contributed by atoms with Gasteiger partial charge in [0, 0.05) is 51.0 Å². The fourth-order valence-electron chi connectivity index (χ4n) is 7.77. The largest absolute Gasteiger partial charge is 0.421 e. The molecule has 1 spiro atoms. The Morgan fingerprint density at radius 3 is 2.29 bits per heavy atom. The van der Waals surface area contributed by atoms with E-state index in [9.17, 15) is 22.8 Å². The van der Waals surface area contributed by atoms with Gasteiger partial charge in [0.2, 0.25) is 0 Å². The third-order valence-electron chi connectivity index (χ3n) is 9.61. The molecule has 4 aliphatic rings. The molecular weight excluding hydrogens is 569 g/mol. The maximum atomic E-state index is 13.7. The number of benzene rings is 1. The number of nitrogens with one attached hydrogen (secondary N) is 1. The van der Waals surface area contributed by atoms with Crippen molar-refractivity contribution in [3.8, 4) is 0 Å². The normalized spacial score (nSPS) is 27.4. The van der Waals surface area contributed by atoms with E-state index in [1.165, 1.54) is 0 Å². The third-order valence-corrected chi connectivity index (χ3v) is 9.61. The van der Waals surface area contributed by atoms with E-state index in [0.29, 0.717) is 31.0 Å². The number of carbonyl (C=O) groups is 2. The minimum Gasteiger partial charge on any atom is -0.381 e. The van der Waals surface area contributed by atoms with Gasteiger partial charge in [0.15, 0.2) is 0 Å². The molecule has 7 nitrogen and oxygen atoms in total. The van der Waals surface area contributed by atoms with Gasteiger partial charge in [0.1, 0.15) is 5.57 Å². The lowest BCUT2D eigenvalue weighted by molar-refractivity contribution is -0.131. The number of piperidine rings is 1. The number of hydrogen-bond acceptors (Lipinski definition) is 4. The summed E-state index contributed by atoms with van der Waals surface area (Å²) in [7, 11) is 0. The zero-order valence-electron chi connectivity index (χ0n) is 24.6. The Hall–Kier alpha value is -2.30. The number of halogens is 4. The van der Waals surface area contributed by atoms with E-state index < -0.39 is 23.7 Å². The van der Waals surface area contributed by atoms with Crippen molar-refractivity contribution < 1.29 is 27.5 Å². The van der Waals surface area contributed by atoms with Crippen LogP contribution in [0.4, 0.5) is 18.0 Å². The van der Waals surface area contributed by atoms with Crippen LogP contribution in [0.15, 0.2) is 42.5 Å². The number of urea groups is 1. The van der Waals surface area contributed by atoms with Crippen molar-refractivity contribution in [3.63, 3.8) is 0 Å². The number of rotatable bonds is 9. The number of nitrogens with zero attached hydrogens (tertiary/aromatic N) is 3. The molecule has 11 heteroatoms. The summed E-state index contributed by atoms with van der Waals surface area (Å²) in [6.07, 6.45) is 1.57. The molecule has 234 valence electrons. The first-order chi connectivity index (χ1) is 19.5. The van der Waals surface area contributed by atoms with E-state index in [1.54, 1.807) is 0 Å². The predicted molar refractivity (Wildman–Crippen MR) is 157 cm³/mol. The Bertz CT molecular complexity index is 1100. The molecule has 0 saturated carbocycles. The van der Waals surface area contributed by atoms with Crippen molar-refractivity contribution in [1.82, 2.24) is 20.0 Å². The number of carbonyl (C=O) groups excluding carboxylic acids is 2. The Morgan fingerprint density at radius 1 is 1.10 bits per heavy atom. The smallest absolute Gasteiger partial charge is 0.381 e. The molecule has 3 atom stereocenters. The average molecular weight is 613 g/mol. The van der Waals surface area contributed by atoms with Crippen molar-refractivity contribution in [3.05, 3.63) is 48.0 Å². The summed E-state index contributed by atoms with van der Waals surface area (Å²) in [6.45, 7) is 10.9. The highest BCUT2D eigenvalue weighted by Gasteiger charge is 2.57. The highest BCUT2D eigenvalue weighted by Crippen LogP contribution is 2.48. The molecule has 4 aliphatic heterocycles. The maximum Gasteiger partial charge on any atom is 0.421 e. The number of hydrogen-bond donors (Lipinski definition) is 1. The fourth-order valence-corrected chi connectivity index (χ4v) is 7.77. The van der Waals surface area contributed by atoms with Gasteiger partial charge in [-0.25, -0.2) is 4.79 Å². The van der Waals surface area contributed by atoms with Crippen LogP contribution in [-0.2, 0) is 9.53 Å². The van der Waals surface area contributed by atoms with Gasteiger partial charge in [-0.2, -0.15) is 13.2 Å². The molecule has 2 bridgehead atoms. The zero-order valence-corrected chi connectivity index (χ0v) is 25.4. The van der Waals surface area contributed by atoms with Gasteiger partial charge in [-0.15, -0.1) is 12.4 Å². The zero-order chi connectivity index (χ0) is 29.4. The maximum absolute atomic E-state index is 13.7. The van der Waals surface area contributed by atoms with Crippen molar-refractivity contribution in [2.75, 3.05) is 32.8 Å². The van der Waals surface area contributed by atoms with Crippen LogP contribution < -0.4 is 5.32 Å². The second-order valence-corrected chi connectivity index (χ2v) is 12.6. The van der Waals surface area contributed by atoms with E-state index in [4.69, 9.17) is 4.74 Å². The SMILES string of the molecule is C=C(C(=O)N[C@@H](CCN1C2CCC1CC1(C2)CN(CC2CCOCC2)C(=O)N1C(C)C)c1ccccc1)C(F)(F)F.Cl. The summed E-state index contributed by atoms with van der Waals surface area (Å²) in [4.78, 5) is 32.8. The summed E-state index contributed by atoms with van der Waals surface area (Å²) in [5.41, 5.74) is -0.813. The predicted octanol–water partition coefficient (Wildman–Crippen LogP) is 5.71. The van der Waals surface area contributed by atoms with Gasteiger partial charge >= 0.3 is 12.2 Å². The van der Waals surface area contributed by atoms with E-state index >= 15 is 0 Å². The molecule has 2 unspecified atom stereocenters. The number of amides is 3. The standard InChI is InChI=1S/C31H43F3N4O3.ClH/c1-21(2)38-29(40)36(19-23-12-15-41-16-13-23)20-30(38)17-25-9-10-26(18-30)37(25)14-11-27(24-7-5-4-6-8-24)35-28(39)22(3)31(32,33)34;/h4-8,21,23,25-27H,3,9-20H2,1-2H3,(H,35,39);1H/t25?,26?,27-,30?;/m0./s1. The van der Waals surface area contributed by atoms with Crippen LogP contribution in [0.3, 0.4) is 0 Å². The van der Waals surface area contributed by atoms with E-state index in [0.717, 1.165) is 70.4 Å². The van der Waals surface area contributed by atoms with Crippen molar-refractivity contribution >= 4 is 24.3 Å². The lowest BCUT2D eigenvalue weighted by Gasteiger charge is -2.49. The van der Waals surface area contributed by atoms with Gasteiger partial charge in [-0.3, -0.25) is 9.69 Å². The van der Waals surface area contributed by atoms with Crippen molar-refractivity contribution in [2.24, 2.45) is 5.92 Å². The molecule has 1 aromatic carbocycles. The third kappa shape index (κ3) is 6.76. The van der Waals surface area contributed by atoms with Crippen LogP contribution in [0.1, 0.15) is 70.4 Å². The van der Waals surface area contributed by atoms with Gasteiger partial charge in [-0.05, 0) is 70.3 Å². The first-order valence-corrected chi connectivity index (χ1v) is 15.0. The lowest BCUT2D eigenvalue weighted by atomic mass is 9.81. The van der Waals surface area contributed by atoms with Gasteiger partial charge in [0.05, 0.1) is 11.6 Å². The van der Waals surface area contributed by atoms with Crippen LogP contribution in [0, 0.1) is 5.92 Å². The molecule has 0 aromatic heterocycles. The molecule has 4 fully saturated rings. The second kappa shape index (κ2) is 13.1. The Labute approximate surface area is 253 Å². The van der Waals surface area contributed by atoms with E-state index in [1.807, 2.05) is 30.3 Å². The topological polar surface area (TPSA) is 65.1 Å². The molecule has 42 heavy (non-hydrogen) atoms. The molecular formula is C31H44ClF3N4O3. The fraction of sp³-hybridized carbons (Fsp3) is 0.677. The molecule has 1 N–H and O–H groups in total. The van der Waals surface area contributed by atoms with Crippen LogP contribution in [0.2, 0.25) is 0 Å². The van der Waals surface area contributed by atoms with Crippen LogP contribution in [0.25, 0.3) is 0 Å². The van der Waals surface area contributed by atoms with Crippen molar-refractivity contribution in [1.29, 1.82) is 0 Å². The number of alkyl halides is 3. The highest BCUT2D eigenvalue weighted by molar-refractivity contribution is 5.94. The molecule has 3 amide bonds. The van der Waals surface area contributed by atoms with Crippen LogP contribution >= 0.6 is 12.4 Å². The summed E-state index contributed by atoms with van der Waals surface area (Å²) in [5.74, 6) is -0.708. The molecule has 5 rings (SSSR count). The first kappa shape index (κ1) is 32.6. The number of fused-ring (bicyclic) bond motifs is 2. The molecule has 4 saturated heterocycles. The highest BCUT2D eigenvalue weighted by atomic mass is 35.5. The molecule has 1 aromatic rings. The Balaban J connectivity index is 0.00000405. The summed E-state index contributed by atoms with van der Waals surface area (Å²) in [5, 5.41) is 2.60. The lowest BCUT2D eigenvalue weighted by Crippen LogP contribution is -2.60. The summed E-state index contributed by atoms with van der Waals surface area (Å²) >= 11 is 0. The monoisotopic (exact) mass is 612 g/mol. The Morgan fingerprint density at radius 2 is 1.71 bits per heavy atom. The minimum absolute atomic E-state index is 0. The average Bonchev–Trinajstić information content (AvgIpc) is 3.34. The van der Waals surface area contributed by atoms with Crippen LogP contribution in [0.5, 0.6) is 0 Å². The molecule has 0 aliphatic carbocycles. The summed E-state index contributed by atoms with van der Waals surface area (Å²) < 4.78 is 45.0. The van der Waals surface area contributed by atoms with E-state index in [2.05, 4.69) is 40.4 Å². The molecule has 4 heterocycles. The van der Waals surface area contributed by atoms with Gasteiger partial charge in [-0.1, -0.05) is 36.9 Å². The minimum atomic E-state index is -4.77.